The molecule has 0 aliphatic rings. The van der Waals surface area contributed by atoms with Gasteiger partial charge in [-0.25, -0.2) is 0 Å². The third kappa shape index (κ3) is 3.30. The van der Waals surface area contributed by atoms with Crippen LogP contribution in [0.25, 0.3) is 0 Å². The second-order valence-corrected chi connectivity index (χ2v) is 5.43. The van der Waals surface area contributed by atoms with Gasteiger partial charge in [-0.2, -0.15) is 26.3 Å². The summed E-state index contributed by atoms with van der Waals surface area (Å²) >= 11 is 0. The van der Waals surface area contributed by atoms with E-state index in [0.29, 0.717) is 6.42 Å². The van der Waals surface area contributed by atoms with Crippen molar-refractivity contribution in [2.75, 3.05) is 0 Å². The minimum absolute atomic E-state index is 0.0853. The van der Waals surface area contributed by atoms with Gasteiger partial charge in [0.15, 0.2) is 0 Å². The Balaban J connectivity index is 3.69. The Morgan fingerprint density at radius 3 is 1.75 bits per heavy atom. The molecule has 1 aromatic rings. The Labute approximate surface area is 114 Å². The molecule has 0 saturated heterocycles. The number of alkyl halides is 6. The molecule has 0 radical (unpaired) electrons. The Kier molecular flexibility index (Phi) is 4.23. The number of hydrogen-bond acceptors (Lipinski definition) is 0. The summed E-state index contributed by atoms with van der Waals surface area (Å²) in [4.78, 5) is 0. The second kappa shape index (κ2) is 5.00. The third-order valence-corrected chi connectivity index (χ3v) is 3.65. The van der Waals surface area contributed by atoms with Crippen molar-refractivity contribution in [3.8, 4) is 0 Å². The van der Waals surface area contributed by atoms with Crippen LogP contribution in [0.5, 0.6) is 0 Å². The van der Waals surface area contributed by atoms with Gasteiger partial charge in [0.2, 0.25) is 0 Å². The topological polar surface area (TPSA) is 0 Å². The van der Waals surface area contributed by atoms with Crippen LogP contribution in [0.4, 0.5) is 26.3 Å². The lowest BCUT2D eigenvalue weighted by molar-refractivity contribution is -0.143. The van der Waals surface area contributed by atoms with Crippen molar-refractivity contribution in [2.45, 2.75) is 44.9 Å². The Hall–Kier alpha value is -1.14. The minimum Gasteiger partial charge on any atom is -0.166 e. The van der Waals surface area contributed by atoms with E-state index in [2.05, 4.69) is 0 Å². The predicted molar refractivity (Wildman–Crippen MR) is 67.4 cm³/mol. The van der Waals surface area contributed by atoms with E-state index in [9.17, 15) is 26.3 Å². The fraction of sp³-hybridized carbons (Fsp3) is 0.538. The van der Waals surface area contributed by atoms with Crippen LogP contribution >= 0.6 is 0 Å². The maximum absolute atomic E-state index is 12.9. The summed E-state index contributed by atoms with van der Waals surface area (Å²) in [7, 11) is 1.63. The largest absolute Gasteiger partial charge is 0.416 e. The molecule has 0 heterocycles. The highest BCUT2D eigenvalue weighted by Gasteiger charge is 2.40. The lowest BCUT2D eigenvalue weighted by Gasteiger charge is -2.28. The summed E-state index contributed by atoms with van der Waals surface area (Å²) in [5, 5.41) is -0.759. The van der Waals surface area contributed by atoms with Crippen LogP contribution in [0.1, 0.15) is 42.5 Å². The van der Waals surface area contributed by atoms with E-state index in [-0.39, 0.29) is 17.2 Å². The first kappa shape index (κ1) is 16.9. The van der Waals surface area contributed by atoms with E-state index in [1.165, 1.54) is 6.92 Å². The molecule has 112 valence electrons. The van der Waals surface area contributed by atoms with Crippen LogP contribution in [0, 0.1) is 6.92 Å². The molecule has 0 bridgehead atoms. The van der Waals surface area contributed by atoms with Gasteiger partial charge < -0.3 is 0 Å². The van der Waals surface area contributed by atoms with Gasteiger partial charge in [-0.05, 0) is 35.5 Å². The highest BCUT2D eigenvalue weighted by atomic mass is 19.4. The Bertz CT molecular complexity index is 499. The van der Waals surface area contributed by atoms with Crippen LogP contribution in [-0.2, 0) is 17.7 Å². The van der Waals surface area contributed by atoms with Crippen LogP contribution in [-0.4, -0.2) is 7.85 Å². The van der Waals surface area contributed by atoms with E-state index in [1.807, 2.05) is 0 Å². The van der Waals surface area contributed by atoms with Gasteiger partial charge in [-0.15, -0.1) is 0 Å². The summed E-state index contributed by atoms with van der Waals surface area (Å²) in [6.45, 7) is 4.58. The number of halogens is 6. The summed E-state index contributed by atoms with van der Waals surface area (Å²) in [6, 6.07) is 1.01. The van der Waals surface area contributed by atoms with Crippen molar-refractivity contribution < 1.29 is 26.3 Å². The van der Waals surface area contributed by atoms with Crippen molar-refractivity contribution in [3.63, 3.8) is 0 Å². The first-order valence-electron chi connectivity index (χ1n) is 6.10. The summed E-state index contributed by atoms with van der Waals surface area (Å²) in [6.07, 6.45) is -9.16. The van der Waals surface area contributed by atoms with Gasteiger partial charge in [0.05, 0.1) is 11.1 Å². The zero-order valence-electron chi connectivity index (χ0n) is 11.6. The van der Waals surface area contributed by atoms with Gasteiger partial charge in [0, 0.05) is 0 Å². The molecule has 1 aromatic carbocycles. The first-order chi connectivity index (χ1) is 8.80. The molecule has 1 rings (SSSR count). The molecule has 0 spiro atoms. The fourth-order valence-corrected chi connectivity index (χ4v) is 2.07. The molecule has 0 nitrogen and oxygen atoms in total. The van der Waals surface area contributed by atoms with Crippen LogP contribution in [0.3, 0.4) is 0 Å². The van der Waals surface area contributed by atoms with Crippen molar-refractivity contribution in [1.82, 2.24) is 0 Å². The van der Waals surface area contributed by atoms with Gasteiger partial charge in [0.25, 0.3) is 0 Å². The van der Waals surface area contributed by atoms with Crippen molar-refractivity contribution >= 4 is 7.85 Å². The summed E-state index contributed by atoms with van der Waals surface area (Å²) in [5.74, 6) is 0. The summed E-state index contributed by atoms with van der Waals surface area (Å²) < 4.78 is 77.1. The minimum atomic E-state index is -4.80. The van der Waals surface area contributed by atoms with Crippen molar-refractivity contribution in [1.29, 1.82) is 0 Å². The molecule has 1 atom stereocenters. The molecular formula is C13H15BF6. The van der Waals surface area contributed by atoms with E-state index in [0.717, 1.165) is 6.07 Å². The van der Waals surface area contributed by atoms with Gasteiger partial charge >= 0.3 is 12.4 Å². The molecule has 0 saturated carbocycles. The zero-order chi connectivity index (χ0) is 15.9. The van der Waals surface area contributed by atoms with Crippen LogP contribution in [0.2, 0.25) is 0 Å². The molecule has 0 aliphatic heterocycles. The van der Waals surface area contributed by atoms with Crippen LogP contribution < -0.4 is 0 Å². The average molecular weight is 296 g/mol. The van der Waals surface area contributed by atoms with E-state index in [4.69, 9.17) is 0 Å². The average Bonchev–Trinajstić information content (AvgIpc) is 2.25. The number of rotatable bonds is 2. The van der Waals surface area contributed by atoms with E-state index in [1.54, 1.807) is 21.7 Å². The SMILES string of the molecule is BC(C)(CC)c1cc(C(F)(F)F)cc(C(F)(F)F)c1C. The standard InChI is InChI=1S/C13H15BF6/c1-4-11(3,14)9-5-8(12(15,16)17)6-10(7(9)2)13(18,19)20/h5-6H,4,14H2,1-3H3. The van der Waals surface area contributed by atoms with Crippen molar-refractivity contribution in [2.24, 2.45) is 0 Å². The zero-order valence-corrected chi connectivity index (χ0v) is 11.6. The quantitative estimate of drug-likeness (QED) is 0.564. The molecule has 0 amide bonds. The third-order valence-electron chi connectivity index (χ3n) is 3.65. The van der Waals surface area contributed by atoms with Crippen molar-refractivity contribution in [3.05, 3.63) is 34.4 Å². The predicted octanol–water partition coefficient (Wildman–Crippen LogP) is 4.29. The molecular weight excluding hydrogens is 281 g/mol. The van der Waals surface area contributed by atoms with E-state index >= 15 is 0 Å². The van der Waals surface area contributed by atoms with Gasteiger partial charge in [0.1, 0.15) is 7.85 Å². The Morgan fingerprint density at radius 1 is 0.950 bits per heavy atom. The molecule has 0 aliphatic carbocycles. The highest BCUT2D eigenvalue weighted by Crippen LogP contribution is 2.41. The molecule has 7 heteroatoms. The molecule has 1 unspecified atom stereocenters. The maximum atomic E-state index is 12.9. The lowest BCUT2D eigenvalue weighted by atomic mass is 9.62. The monoisotopic (exact) mass is 296 g/mol. The molecule has 0 N–H and O–H groups in total. The normalized spacial score (nSPS) is 16.1. The molecule has 0 fully saturated rings. The van der Waals surface area contributed by atoms with Gasteiger partial charge in [-0.3, -0.25) is 0 Å². The second-order valence-electron chi connectivity index (χ2n) is 5.43. The smallest absolute Gasteiger partial charge is 0.166 e. The maximum Gasteiger partial charge on any atom is 0.416 e. The van der Waals surface area contributed by atoms with Crippen LogP contribution in [0.15, 0.2) is 12.1 Å². The number of hydrogen-bond donors (Lipinski definition) is 0. The first-order valence-corrected chi connectivity index (χ1v) is 6.10. The lowest BCUT2D eigenvalue weighted by Crippen LogP contribution is -2.25. The molecule has 0 aromatic heterocycles. The summed E-state index contributed by atoms with van der Waals surface area (Å²) in [5.41, 5.74) is -2.53. The fourth-order valence-electron chi connectivity index (χ4n) is 2.07. The molecule has 20 heavy (non-hydrogen) atoms. The van der Waals surface area contributed by atoms with E-state index < -0.39 is 28.8 Å². The van der Waals surface area contributed by atoms with Gasteiger partial charge in [-0.1, -0.05) is 20.3 Å². The highest BCUT2D eigenvalue weighted by molar-refractivity contribution is 6.15. The number of benzene rings is 1. The Morgan fingerprint density at radius 2 is 1.40 bits per heavy atom.